The average Bonchev–Trinajstić information content (AvgIpc) is 3.27. The summed E-state index contributed by atoms with van der Waals surface area (Å²) < 4.78 is 0. The van der Waals surface area contributed by atoms with E-state index in [4.69, 9.17) is 11.5 Å². The SMILES string of the molecule is CC(C)C[C@H](NC(=O)[C@H](CCCC[NH3+])NC(=O)[C@H](Cc1ccc(O)cc1)NC(=O)[C@H](CCC[NH+]=C(N)N)NC(=O)[C@H](CCCC[NH3+])NC(=O)[C@H](CCCC[NH3+])NC(=O)CNC(=O)C[NH3+])C(=O)O. The number of hydrogen-bond donors (Lipinski definition) is 16. The van der Waals surface area contributed by atoms with Crippen LogP contribution in [0.25, 0.3) is 0 Å². The van der Waals surface area contributed by atoms with Crippen molar-refractivity contribution >= 4 is 53.3 Å². The summed E-state index contributed by atoms with van der Waals surface area (Å²) in [5.74, 6) is -6.16. The van der Waals surface area contributed by atoms with Crippen molar-refractivity contribution in [1.82, 2.24) is 37.2 Å². The second kappa shape index (κ2) is 33.4. The van der Waals surface area contributed by atoms with Gasteiger partial charge in [0.15, 0.2) is 6.54 Å². The van der Waals surface area contributed by atoms with Gasteiger partial charge in [-0.25, -0.2) is 4.79 Å². The van der Waals surface area contributed by atoms with E-state index in [-0.39, 0.29) is 82.2 Å². The number of phenols is 1. The summed E-state index contributed by atoms with van der Waals surface area (Å²) in [5, 5.41) is 38.3. The highest BCUT2D eigenvalue weighted by Gasteiger charge is 2.34. The monoisotopic (exact) mass is 954 g/mol. The van der Waals surface area contributed by atoms with E-state index in [9.17, 15) is 48.6 Å². The third-order valence-corrected chi connectivity index (χ3v) is 10.5. The van der Waals surface area contributed by atoms with Gasteiger partial charge >= 0.3 is 11.9 Å². The molecule has 0 fully saturated rings. The molecule has 1 rings (SSSR count). The number of guanidine groups is 1. The van der Waals surface area contributed by atoms with E-state index in [1.807, 2.05) is 13.8 Å². The Labute approximate surface area is 392 Å². The number of aliphatic carboxylic acids is 1. The van der Waals surface area contributed by atoms with Crippen LogP contribution in [0, 0.1) is 5.92 Å². The molecule has 0 unspecified atom stereocenters. The fourth-order valence-corrected chi connectivity index (χ4v) is 6.83. The normalized spacial score (nSPS) is 13.7. The minimum Gasteiger partial charge on any atom is -0.508 e. The van der Waals surface area contributed by atoms with Crippen LogP contribution in [0.1, 0.15) is 96.5 Å². The molecule has 24 nitrogen and oxygen atoms in total. The number of carboxylic acid groups (broad SMARTS) is 1. The molecule has 0 aromatic heterocycles. The van der Waals surface area contributed by atoms with Crippen LogP contribution in [0.3, 0.4) is 0 Å². The predicted molar refractivity (Wildman–Crippen MR) is 245 cm³/mol. The first-order chi connectivity index (χ1) is 31.8. The number of carbonyl (C=O) groups excluding carboxylic acids is 7. The summed E-state index contributed by atoms with van der Waals surface area (Å²) in [7, 11) is 0. The van der Waals surface area contributed by atoms with E-state index < -0.39 is 83.6 Å². The van der Waals surface area contributed by atoms with Crippen molar-refractivity contribution in [2.24, 2.45) is 17.4 Å². The summed E-state index contributed by atoms with van der Waals surface area (Å²) in [6.07, 6.45) is 4.09. The maximum absolute atomic E-state index is 14.4. The van der Waals surface area contributed by atoms with Gasteiger partial charge < -0.3 is 70.4 Å². The van der Waals surface area contributed by atoms with E-state index in [0.29, 0.717) is 63.7 Å². The minimum atomic E-state index is -1.36. The molecule has 0 heterocycles. The number of nitrogens with one attached hydrogen (secondary N) is 8. The first-order valence-electron chi connectivity index (χ1n) is 23.2. The number of carbonyl (C=O) groups is 8. The van der Waals surface area contributed by atoms with Gasteiger partial charge in [-0.1, -0.05) is 26.0 Å². The molecule has 0 radical (unpaired) electrons. The fourth-order valence-electron chi connectivity index (χ4n) is 6.83. The molecule has 0 saturated carbocycles. The Bertz CT molecular complexity index is 1750. The number of hydrogen-bond acceptors (Lipinski definition) is 9. The molecule has 0 bridgehead atoms. The molecule has 0 saturated heterocycles. The summed E-state index contributed by atoms with van der Waals surface area (Å²) in [4.78, 5) is 110. The molecule has 24 heteroatoms. The highest BCUT2D eigenvalue weighted by molar-refractivity contribution is 5.97. The van der Waals surface area contributed by atoms with Crippen LogP contribution < -0.4 is 76.6 Å². The maximum atomic E-state index is 14.4. The Morgan fingerprint density at radius 3 is 1.37 bits per heavy atom. The molecule has 0 aliphatic heterocycles. The van der Waals surface area contributed by atoms with Crippen LogP contribution >= 0.6 is 0 Å². The quantitative estimate of drug-likeness (QED) is 0.0171. The molecule has 0 spiro atoms. The standard InChI is InChI=1S/C43H76N14O10/c1-26(2)22-34(42(66)67)57-40(64)31(12-5-8-20-46)55-41(65)33(23-27-14-16-28(58)17-15-27)56-39(63)32(13-9-21-50-43(48)49)54-38(62)30(11-4-7-19-45)53-37(61)29(10-3-6-18-44)52-36(60)25-51-35(59)24-47/h14-17,26,29-34,58H,3-13,18-25,44-47H2,1-2H3,(H,51,59)(H,52,60)(H,53,61)(H,54,62)(H,55,65)(H,56,63)(H,57,64)(H,66,67)(H4,48,49,50)/p+5/t29-,30-,31-,32-,33-,34-/m0/s1. The number of benzene rings is 1. The van der Waals surface area contributed by atoms with Crippen molar-refractivity contribution < 1.29 is 76.5 Å². The van der Waals surface area contributed by atoms with Gasteiger partial charge in [-0.3, -0.25) is 50.0 Å². The second-order valence-electron chi connectivity index (χ2n) is 16.9. The lowest BCUT2D eigenvalue weighted by atomic mass is 10.0. The lowest BCUT2D eigenvalue weighted by Gasteiger charge is -2.28. The van der Waals surface area contributed by atoms with E-state index in [1.54, 1.807) is 12.1 Å². The van der Waals surface area contributed by atoms with E-state index in [1.165, 1.54) is 12.1 Å². The van der Waals surface area contributed by atoms with Gasteiger partial charge in [0.25, 0.3) is 5.91 Å². The summed E-state index contributed by atoms with van der Waals surface area (Å²) in [6.45, 7) is 5.04. The van der Waals surface area contributed by atoms with Crippen LogP contribution in [0.4, 0.5) is 0 Å². The number of quaternary nitrogens is 4. The minimum absolute atomic E-state index is 0.00377. The van der Waals surface area contributed by atoms with Crippen molar-refractivity contribution in [3.63, 3.8) is 0 Å². The Balaban J connectivity index is 3.60. The molecule has 7 amide bonds. The highest BCUT2D eigenvalue weighted by atomic mass is 16.4. The van der Waals surface area contributed by atoms with Crippen molar-refractivity contribution in [2.75, 3.05) is 39.3 Å². The van der Waals surface area contributed by atoms with E-state index in [2.05, 4.69) is 65.1 Å². The van der Waals surface area contributed by atoms with Crippen LogP contribution in [0.15, 0.2) is 24.3 Å². The Hall–Kier alpha value is -6.11. The summed E-state index contributed by atoms with van der Waals surface area (Å²) in [5.41, 5.74) is 26.7. The Morgan fingerprint density at radius 1 is 0.567 bits per heavy atom. The zero-order valence-corrected chi connectivity index (χ0v) is 39.4. The largest absolute Gasteiger partial charge is 0.508 e. The van der Waals surface area contributed by atoms with Gasteiger partial charge in [0.05, 0.1) is 32.7 Å². The van der Waals surface area contributed by atoms with Crippen molar-refractivity contribution in [3.8, 4) is 5.75 Å². The number of rotatable bonds is 35. The lowest BCUT2D eigenvalue weighted by molar-refractivity contribution is -0.459. The van der Waals surface area contributed by atoms with Crippen LogP contribution in [0.5, 0.6) is 5.75 Å². The third kappa shape index (κ3) is 25.4. The zero-order chi connectivity index (χ0) is 50.3. The Kier molecular flexibility index (Phi) is 29.3. The number of carboxylic acids is 1. The van der Waals surface area contributed by atoms with Crippen LogP contribution in [-0.4, -0.2) is 139 Å². The van der Waals surface area contributed by atoms with Crippen molar-refractivity contribution in [3.05, 3.63) is 29.8 Å². The number of phenolic OH excluding ortho intramolecular Hbond substituents is 1. The molecule has 26 N–H and O–H groups in total. The molecule has 0 aliphatic rings. The van der Waals surface area contributed by atoms with Gasteiger partial charge in [0, 0.05) is 6.42 Å². The molecular formula is C43H81N14O10+5. The molecule has 0 aliphatic carbocycles. The Morgan fingerprint density at radius 2 is 0.970 bits per heavy atom. The first-order valence-corrected chi connectivity index (χ1v) is 23.2. The predicted octanol–water partition coefficient (Wildman–Crippen LogP) is -8.30. The number of unbranched alkanes of at least 4 members (excludes halogenated alkanes) is 3. The fraction of sp³-hybridized carbons (Fsp3) is 0.651. The maximum Gasteiger partial charge on any atom is 0.338 e. The number of aromatic hydroxyl groups is 1. The molecule has 6 atom stereocenters. The van der Waals surface area contributed by atoms with Crippen molar-refractivity contribution in [1.29, 1.82) is 0 Å². The first kappa shape index (κ1) is 58.9. The van der Waals surface area contributed by atoms with Crippen LogP contribution in [0.2, 0.25) is 0 Å². The second-order valence-corrected chi connectivity index (χ2v) is 16.9. The lowest BCUT2D eigenvalue weighted by Crippen LogP contribution is -2.78. The number of nitrogens with two attached hydrogens (primary N) is 2. The summed E-state index contributed by atoms with van der Waals surface area (Å²) in [6, 6.07) is -1.41. The summed E-state index contributed by atoms with van der Waals surface area (Å²) >= 11 is 0. The van der Waals surface area contributed by atoms with E-state index >= 15 is 0 Å². The average molecular weight is 954 g/mol. The van der Waals surface area contributed by atoms with E-state index in [0.717, 1.165) is 0 Å². The zero-order valence-electron chi connectivity index (χ0n) is 39.4. The van der Waals surface area contributed by atoms with Gasteiger partial charge in [-0.05, 0) is 101 Å². The van der Waals surface area contributed by atoms with Gasteiger partial charge in [-0.2, -0.15) is 0 Å². The van der Waals surface area contributed by atoms with Gasteiger partial charge in [0.1, 0.15) is 42.0 Å². The molecule has 1 aromatic carbocycles. The smallest absolute Gasteiger partial charge is 0.338 e. The van der Waals surface area contributed by atoms with Gasteiger partial charge in [-0.15, -0.1) is 0 Å². The van der Waals surface area contributed by atoms with Crippen molar-refractivity contribution in [2.45, 2.75) is 134 Å². The van der Waals surface area contributed by atoms with Crippen LogP contribution in [-0.2, 0) is 44.8 Å². The van der Waals surface area contributed by atoms with Gasteiger partial charge in [0.2, 0.25) is 35.4 Å². The molecule has 67 heavy (non-hydrogen) atoms. The molecular weight excluding hydrogens is 873 g/mol. The molecule has 378 valence electrons. The highest BCUT2D eigenvalue weighted by Crippen LogP contribution is 2.14. The number of amides is 7. The third-order valence-electron chi connectivity index (χ3n) is 10.5. The molecule has 1 aromatic rings. The topological polar surface area (TPSA) is 438 Å².